The van der Waals surface area contributed by atoms with Gasteiger partial charge in [-0.1, -0.05) is 6.42 Å². The lowest BCUT2D eigenvalue weighted by atomic mass is 10.2. The van der Waals surface area contributed by atoms with E-state index in [9.17, 15) is 14.4 Å². The molecule has 0 bridgehead atoms. The fourth-order valence-corrected chi connectivity index (χ4v) is 1.65. The summed E-state index contributed by atoms with van der Waals surface area (Å²) in [5.74, 6) is -3.36. The number of likely N-dealkylation sites (tertiary alicyclic amines) is 1. The molecule has 6 nitrogen and oxygen atoms in total. The van der Waals surface area contributed by atoms with E-state index in [0.717, 1.165) is 11.3 Å². The van der Waals surface area contributed by atoms with Crippen molar-refractivity contribution in [1.82, 2.24) is 4.90 Å². The smallest absolute Gasteiger partial charge is 0.338 e. The summed E-state index contributed by atoms with van der Waals surface area (Å²) in [5.41, 5.74) is 0. The van der Waals surface area contributed by atoms with Crippen LogP contribution in [0.4, 0.5) is 0 Å². The number of carboxylic acid groups (broad SMARTS) is 2. The minimum atomic E-state index is -1.74. The van der Waals surface area contributed by atoms with Gasteiger partial charge in [-0.25, -0.2) is 9.59 Å². The lowest BCUT2D eigenvalue weighted by molar-refractivity contribution is -0.161. The molecule has 0 radical (unpaired) electrons. The van der Waals surface area contributed by atoms with Gasteiger partial charge in [-0.2, -0.15) is 0 Å². The van der Waals surface area contributed by atoms with Crippen molar-refractivity contribution in [3.63, 3.8) is 0 Å². The second kappa shape index (κ2) is 4.77. The SMILES string of the molecule is O=C(O)C(C(=O)O)N1CCCCCC1=O. The van der Waals surface area contributed by atoms with Crippen molar-refractivity contribution in [3.05, 3.63) is 0 Å². The van der Waals surface area contributed by atoms with Crippen LogP contribution in [0.1, 0.15) is 25.7 Å². The summed E-state index contributed by atoms with van der Waals surface area (Å²) in [5, 5.41) is 17.5. The molecule has 1 heterocycles. The summed E-state index contributed by atoms with van der Waals surface area (Å²) in [6.07, 6.45) is 2.41. The predicted octanol–water partition coefficient (Wildman–Crippen LogP) is -0.0732. The van der Waals surface area contributed by atoms with Crippen LogP contribution in [0.3, 0.4) is 0 Å². The molecular weight excluding hydrogens is 202 g/mol. The molecule has 0 unspecified atom stereocenters. The Labute approximate surface area is 86.5 Å². The molecule has 0 atom stereocenters. The number of carboxylic acids is 2. The van der Waals surface area contributed by atoms with Crippen LogP contribution >= 0.6 is 0 Å². The summed E-state index contributed by atoms with van der Waals surface area (Å²) >= 11 is 0. The fraction of sp³-hybridized carbons (Fsp3) is 0.667. The highest BCUT2D eigenvalue weighted by molar-refractivity contribution is 6.00. The third kappa shape index (κ3) is 2.68. The number of carbonyl (C=O) groups is 3. The first-order chi connectivity index (χ1) is 7.04. The molecule has 1 fully saturated rings. The molecule has 15 heavy (non-hydrogen) atoms. The number of hydrogen-bond acceptors (Lipinski definition) is 3. The molecule has 1 aliphatic heterocycles. The maximum atomic E-state index is 11.5. The van der Waals surface area contributed by atoms with Crippen molar-refractivity contribution in [2.45, 2.75) is 31.7 Å². The minimum Gasteiger partial charge on any atom is -0.479 e. The van der Waals surface area contributed by atoms with Gasteiger partial charge in [-0.15, -0.1) is 0 Å². The Morgan fingerprint density at radius 1 is 1.13 bits per heavy atom. The highest BCUT2D eigenvalue weighted by Crippen LogP contribution is 2.14. The molecule has 1 aliphatic rings. The van der Waals surface area contributed by atoms with Gasteiger partial charge in [0.25, 0.3) is 0 Å². The predicted molar refractivity (Wildman–Crippen MR) is 49.2 cm³/mol. The molecule has 1 saturated heterocycles. The Balaban J connectivity index is 2.84. The summed E-state index contributed by atoms with van der Waals surface area (Å²) in [7, 11) is 0. The zero-order valence-corrected chi connectivity index (χ0v) is 8.18. The highest BCUT2D eigenvalue weighted by Gasteiger charge is 2.36. The van der Waals surface area contributed by atoms with E-state index in [1.807, 2.05) is 0 Å². The summed E-state index contributed by atoms with van der Waals surface area (Å²) in [6.45, 7) is 0.210. The van der Waals surface area contributed by atoms with Crippen LogP contribution in [0, 0.1) is 0 Å². The van der Waals surface area contributed by atoms with E-state index in [0.29, 0.717) is 12.8 Å². The third-order valence-electron chi connectivity index (χ3n) is 2.39. The van der Waals surface area contributed by atoms with Crippen LogP contribution in [-0.2, 0) is 14.4 Å². The number of carbonyl (C=O) groups excluding carboxylic acids is 1. The van der Waals surface area contributed by atoms with Gasteiger partial charge in [0.15, 0.2) is 0 Å². The van der Waals surface area contributed by atoms with E-state index in [2.05, 4.69) is 0 Å². The average molecular weight is 215 g/mol. The Bertz CT molecular complexity index is 274. The molecule has 1 rings (SSSR count). The van der Waals surface area contributed by atoms with Crippen molar-refractivity contribution in [3.8, 4) is 0 Å². The Morgan fingerprint density at radius 2 is 1.73 bits per heavy atom. The van der Waals surface area contributed by atoms with Crippen LogP contribution in [-0.4, -0.2) is 45.5 Å². The van der Waals surface area contributed by atoms with Gasteiger partial charge in [0, 0.05) is 13.0 Å². The molecule has 0 spiro atoms. The molecule has 0 aromatic heterocycles. The second-order valence-corrected chi connectivity index (χ2v) is 3.48. The number of rotatable bonds is 3. The Kier molecular flexibility index (Phi) is 3.65. The molecule has 0 aromatic rings. The van der Waals surface area contributed by atoms with E-state index in [1.165, 1.54) is 0 Å². The number of amides is 1. The molecule has 1 amide bonds. The van der Waals surface area contributed by atoms with E-state index < -0.39 is 18.0 Å². The number of hydrogen-bond donors (Lipinski definition) is 2. The Hall–Kier alpha value is -1.59. The van der Waals surface area contributed by atoms with Crippen molar-refractivity contribution < 1.29 is 24.6 Å². The van der Waals surface area contributed by atoms with Gasteiger partial charge >= 0.3 is 11.9 Å². The standard InChI is InChI=1S/C9H13NO5/c11-6-4-2-1-3-5-10(6)7(8(12)13)9(14)15/h7H,1-5H2,(H,12,13)(H,14,15). The second-order valence-electron chi connectivity index (χ2n) is 3.48. The molecule has 2 N–H and O–H groups in total. The zero-order valence-electron chi connectivity index (χ0n) is 8.18. The lowest BCUT2D eigenvalue weighted by Crippen LogP contribution is -2.49. The summed E-state index contributed by atoms with van der Waals surface area (Å²) < 4.78 is 0. The van der Waals surface area contributed by atoms with Gasteiger partial charge in [-0.3, -0.25) is 4.79 Å². The minimum absolute atomic E-state index is 0.210. The molecular formula is C9H13NO5. The van der Waals surface area contributed by atoms with E-state index >= 15 is 0 Å². The molecule has 0 aromatic carbocycles. The first-order valence-corrected chi connectivity index (χ1v) is 4.79. The topological polar surface area (TPSA) is 94.9 Å². The zero-order chi connectivity index (χ0) is 11.4. The first kappa shape index (κ1) is 11.5. The number of aliphatic carboxylic acids is 2. The van der Waals surface area contributed by atoms with Gasteiger partial charge in [-0.05, 0) is 12.8 Å². The Morgan fingerprint density at radius 3 is 2.27 bits per heavy atom. The normalized spacial score (nSPS) is 17.7. The van der Waals surface area contributed by atoms with Crippen LogP contribution in [0.5, 0.6) is 0 Å². The van der Waals surface area contributed by atoms with Gasteiger partial charge in [0.1, 0.15) is 0 Å². The van der Waals surface area contributed by atoms with Crippen LogP contribution in [0.25, 0.3) is 0 Å². The van der Waals surface area contributed by atoms with Gasteiger partial charge < -0.3 is 15.1 Å². The van der Waals surface area contributed by atoms with Gasteiger partial charge in [0.2, 0.25) is 11.9 Å². The first-order valence-electron chi connectivity index (χ1n) is 4.79. The van der Waals surface area contributed by atoms with Crippen LogP contribution < -0.4 is 0 Å². The monoisotopic (exact) mass is 215 g/mol. The van der Waals surface area contributed by atoms with E-state index in [1.54, 1.807) is 0 Å². The van der Waals surface area contributed by atoms with Crippen molar-refractivity contribution in [2.75, 3.05) is 6.54 Å². The van der Waals surface area contributed by atoms with E-state index in [-0.39, 0.29) is 18.9 Å². The van der Waals surface area contributed by atoms with E-state index in [4.69, 9.17) is 10.2 Å². The third-order valence-corrected chi connectivity index (χ3v) is 2.39. The van der Waals surface area contributed by atoms with Crippen LogP contribution in [0.15, 0.2) is 0 Å². The van der Waals surface area contributed by atoms with Crippen molar-refractivity contribution in [2.24, 2.45) is 0 Å². The highest BCUT2D eigenvalue weighted by atomic mass is 16.4. The van der Waals surface area contributed by atoms with Gasteiger partial charge in [0.05, 0.1) is 0 Å². The van der Waals surface area contributed by atoms with Crippen LogP contribution in [0.2, 0.25) is 0 Å². The average Bonchev–Trinajstić information content (AvgIpc) is 2.31. The largest absolute Gasteiger partial charge is 0.479 e. The lowest BCUT2D eigenvalue weighted by Gasteiger charge is -2.24. The quantitative estimate of drug-likeness (QED) is 0.642. The van der Waals surface area contributed by atoms with Crippen molar-refractivity contribution >= 4 is 17.8 Å². The maximum Gasteiger partial charge on any atom is 0.338 e. The number of nitrogens with zero attached hydrogens (tertiary/aromatic N) is 1. The molecule has 84 valence electrons. The molecule has 0 saturated carbocycles. The summed E-state index contributed by atoms with van der Waals surface area (Å²) in [4.78, 5) is 33.9. The molecule has 6 heteroatoms. The maximum absolute atomic E-state index is 11.5. The fourth-order valence-electron chi connectivity index (χ4n) is 1.65. The summed E-state index contributed by atoms with van der Waals surface area (Å²) in [6, 6.07) is -1.74. The van der Waals surface area contributed by atoms with Crippen molar-refractivity contribution in [1.29, 1.82) is 0 Å². The molecule has 0 aliphatic carbocycles.